The Bertz CT molecular complexity index is 757. The summed E-state index contributed by atoms with van der Waals surface area (Å²) in [4.78, 5) is 4.47. The molecule has 0 radical (unpaired) electrons. The number of halogens is 1. The Balaban J connectivity index is 2.12. The van der Waals surface area contributed by atoms with Gasteiger partial charge in [-0.1, -0.05) is 12.1 Å². The van der Waals surface area contributed by atoms with Crippen LogP contribution < -0.4 is 5.73 Å². The van der Waals surface area contributed by atoms with E-state index in [1.165, 1.54) is 22.1 Å². The second-order valence-electron chi connectivity index (χ2n) is 5.38. The van der Waals surface area contributed by atoms with Gasteiger partial charge in [0.1, 0.15) is 5.82 Å². The lowest BCUT2D eigenvalue weighted by atomic mass is 10.0. The highest BCUT2D eigenvalue weighted by Gasteiger charge is 2.16. The number of para-hydroxylation sites is 1. The van der Waals surface area contributed by atoms with Crippen LogP contribution in [0, 0.1) is 12.7 Å². The largest absolute Gasteiger partial charge is 0.351 e. The summed E-state index contributed by atoms with van der Waals surface area (Å²) in [6.45, 7) is 2.78. The van der Waals surface area contributed by atoms with Crippen LogP contribution in [0.15, 0.2) is 29.6 Å². The maximum Gasteiger partial charge on any atom is 0.147 e. The maximum atomic E-state index is 14.0. The van der Waals surface area contributed by atoms with E-state index in [2.05, 4.69) is 23.4 Å². The lowest BCUT2D eigenvalue weighted by molar-refractivity contribution is 0.637. The monoisotopic (exact) mass is 302 g/mol. The van der Waals surface area contributed by atoms with Crippen molar-refractivity contribution in [2.24, 2.45) is 5.73 Å². The molecule has 3 rings (SSSR count). The number of aromatic nitrogens is 1. The van der Waals surface area contributed by atoms with E-state index < -0.39 is 0 Å². The number of unbranched alkanes of at least 4 members (excludes halogenated alkanes) is 1. The van der Waals surface area contributed by atoms with Crippen LogP contribution >= 0.6 is 11.3 Å². The number of hydrogen-bond donors (Lipinski definition) is 2. The molecule has 0 unspecified atom stereocenters. The molecular weight excluding hydrogens is 283 g/mol. The number of H-pyrrole nitrogens is 1. The zero-order valence-electron chi connectivity index (χ0n) is 12.1. The van der Waals surface area contributed by atoms with Crippen molar-refractivity contribution in [1.82, 2.24) is 4.98 Å². The van der Waals surface area contributed by atoms with Crippen molar-refractivity contribution in [2.75, 3.05) is 6.54 Å². The molecule has 0 aliphatic carbocycles. The Kier molecular flexibility index (Phi) is 4.08. The minimum Gasteiger partial charge on any atom is -0.351 e. The summed E-state index contributed by atoms with van der Waals surface area (Å²) < 4.78 is 14.0. The van der Waals surface area contributed by atoms with Crippen LogP contribution in [0.2, 0.25) is 0 Å². The van der Waals surface area contributed by atoms with E-state index in [9.17, 15) is 4.39 Å². The standard InChI is InChI=1S/C17H19FN2S/c1-11-9-15(21-10-11)17-13(5-2-3-8-19)12-6-4-7-14(18)16(12)20-17/h4,6-7,9-10,20H,2-3,5,8,19H2,1H3. The Hall–Kier alpha value is -1.65. The number of benzene rings is 1. The van der Waals surface area contributed by atoms with Crippen molar-refractivity contribution in [2.45, 2.75) is 26.2 Å². The van der Waals surface area contributed by atoms with E-state index in [1.54, 1.807) is 17.4 Å². The second-order valence-corrected chi connectivity index (χ2v) is 6.29. The number of aryl methyl sites for hydroxylation is 2. The third kappa shape index (κ3) is 2.74. The normalized spacial score (nSPS) is 11.4. The average molecular weight is 302 g/mol. The maximum absolute atomic E-state index is 14.0. The number of hydrogen-bond acceptors (Lipinski definition) is 2. The summed E-state index contributed by atoms with van der Waals surface area (Å²) in [5.41, 5.74) is 9.71. The van der Waals surface area contributed by atoms with Crippen LogP contribution in [-0.2, 0) is 6.42 Å². The van der Waals surface area contributed by atoms with Crippen molar-refractivity contribution >= 4 is 22.2 Å². The fourth-order valence-electron chi connectivity index (χ4n) is 2.72. The lowest BCUT2D eigenvalue weighted by Gasteiger charge is -2.03. The number of nitrogens with two attached hydrogens (primary N) is 1. The Morgan fingerprint density at radius 3 is 2.86 bits per heavy atom. The molecule has 0 amide bonds. The zero-order valence-corrected chi connectivity index (χ0v) is 12.9. The summed E-state index contributed by atoms with van der Waals surface area (Å²) in [6, 6.07) is 7.43. The summed E-state index contributed by atoms with van der Waals surface area (Å²) >= 11 is 1.70. The Morgan fingerprint density at radius 1 is 1.29 bits per heavy atom. The van der Waals surface area contributed by atoms with Crippen LogP contribution in [-0.4, -0.2) is 11.5 Å². The molecular formula is C17H19FN2S. The highest BCUT2D eigenvalue weighted by molar-refractivity contribution is 7.13. The highest BCUT2D eigenvalue weighted by atomic mass is 32.1. The molecule has 2 nitrogen and oxygen atoms in total. The molecule has 4 heteroatoms. The average Bonchev–Trinajstić information content (AvgIpc) is 3.04. The fraction of sp³-hybridized carbons (Fsp3) is 0.294. The summed E-state index contributed by atoms with van der Waals surface area (Å²) in [6.07, 6.45) is 2.94. The number of thiophene rings is 1. The third-order valence-electron chi connectivity index (χ3n) is 3.75. The smallest absolute Gasteiger partial charge is 0.147 e. The van der Waals surface area contributed by atoms with Crippen LogP contribution in [0.1, 0.15) is 24.0 Å². The van der Waals surface area contributed by atoms with Crippen LogP contribution in [0.3, 0.4) is 0 Å². The van der Waals surface area contributed by atoms with Gasteiger partial charge in [0.15, 0.2) is 0 Å². The first kappa shape index (κ1) is 14.3. The number of fused-ring (bicyclic) bond motifs is 1. The first-order chi connectivity index (χ1) is 10.2. The quantitative estimate of drug-likeness (QED) is 0.663. The van der Waals surface area contributed by atoms with E-state index in [0.717, 1.165) is 30.3 Å². The van der Waals surface area contributed by atoms with Crippen LogP contribution in [0.5, 0.6) is 0 Å². The van der Waals surface area contributed by atoms with Crippen molar-refractivity contribution in [1.29, 1.82) is 0 Å². The Labute approximate surface area is 127 Å². The molecule has 0 aliphatic rings. The molecule has 0 bridgehead atoms. The minimum absolute atomic E-state index is 0.188. The number of aromatic amines is 1. The van der Waals surface area contributed by atoms with Gasteiger partial charge in [-0.25, -0.2) is 4.39 Å². The molecule has 110 valence electrons. The van der Waals surface area contributed by atoms with Crippen molar-refractivity contribution < 1.29 is 4.39 Å². The van der Waals surface area contributed by atoms with E-state index >= 15 is 0 Å². The minimum atomic E-state index is -0.188. The van der Waals surface area contributed by atoms with Gasteiger partial charge in [-0.3, -0.25) is 0 Å². The molecule has 3 N–H and O–H groups in total. The first-order valence-electron chi connectivity index (χ1n) is 7.25. The number of nitrogens with one attached hydrogen (secondary N) is 1. The van der Waals surface area contributed by atoms with Gasteiger partial charge in [0.2, 0.25) is 0 Å². The molecule has 0 atom stereocenters. The van der Waals surface area contributed by atoms with Gasteiger partial charge in [-0.2, -0.15) is 0 Å². The number of rotatable bonds is 5. The zero-order chi connectivity index (χ0) is 14.8. The van der Waals surface area contributed by atoms with Gasteiger partial charge in [-0.05, 0) is 61.4 Å². The van der Waals surface area contributed by atoms with E-state index in [4.69, 9.17) is 5.73 Å². The fourth-order valence-corrected chi connectivity index (χ4v) is 3.64. The predicted octanol–water partition coefficient (Wildman–Crippen LogP) is 4.63. The van der Waals surface area contributed by atoms with E-state index in [-0.39, 0.29) is 5.82 Å². The summed E-state index contributed by atoms with van der Waals surface area (Å²) in [5, 5.41) is 3.12. The van der Waals surface area contributed by atoms with Gasteiger partial charge in [0.25, 0.3) is 0 Å². The van der Waals surface area contributed by atoms with E-state index in [1.807, 2.05) is 6.07 Å². The lowest BCUT2D eigenvalue weighted by Crippen LogP contribution is -1.99. The van der Waals surface area contributed by atoms with E-state index in [0.29, 0.717) is 12.1 Å². The van der Waals surface area contributed by atoms with Crippen molar-refractivity contribution in [3.05, 3.63) is 46.6 Å². The summed E-state index contributed by atoms with van der Waals surface area (Å²) in [5.74, 6) is -0.188. The molecule has 0 saturated carbocycles. The SMILES string of the molecule is Cc1csc(-c2[nH]c3c(F)cccc3c2CCCCN)c1. The molecule has 21 heavy (non-hydrogen) atoms. The molecule has 0 spiro atoms. The molecule has 0 aliphatic heterocycles. The van der Waals surface area contributed by atoms with Gasteiger partial charge >= 0.3 is 0 Å². The van der Waals surface area contributed by atoms with Crippen LogP contribution in [0.25, 0.3) is 21.5 Å². The molecule has 3 aromatic rings. The highest BCUT2D eigenvalue weighted by Crippen LogP contribution is 2.35. The molecule has 0 saturated heterocycles. The first-order valence-corrected chi connectivity index (χ1v) is 8.13. The molecule has 1 aromatic carbocycles. The predicted molar refractivity (Wildman–Crippen MR) is 88.3 cm³/mol. The van der Waals surface area contributed by atoms with Gasteiger partial charge in [0.05, 0.1) is 16.1 Å². The molecule has 2 heterocycles. The molecule has 0 fully saturated rings. The second kappa shape index (κ2) is 6.00. The van der Waals surface area contributed by atoms with Gasteiger partial charge in [0, 0.05) is 5.39 Å². The Morgan fingerprint density at radius 2 is 2.14 bits per heavy atom. The van der Waals surface area contributed by atoms with Crippen molar-refractivity contribution in [3.8, 4) is 10.6 Å². The van der Waals surface area contributed by atoms with Gasteiger partial charge < -0.3 is 10.7 Å². The molecule has 2 aromatic heterocycles. The van der Waals surface area contributed by atoms with Crippen molar-refractivity contribution in [3.63, 3.8) is 0 Å². The third-order valence-corrected chi connectivity index (χ3v) is 4.81. The summed E-state index contributed by atoms with van der Waals surface area (Å²) in [7, 11) is 0. The van der Waals surface area contributed by atoms with Gasteiger partial charge in [-0.15, -0.1) is 11.3 Å². The topological polar surface area (TPSA) is 41.8 Å². The van der Waals surface area contributed by atoms with Crippen LogP contribution in [0.4, 0.5) is 4.39 Å².